The molecule has 14 rings (SSSR count). The Kier molecular flexibility index (Phi) is 22.8. The van der Waals surface area contributed by atoms with Crippen LogP contribution < -0.4 is 0 Å². The van der Waals surface area contributed by atoms with Gasteiger partial charge in [-0.05, 0) is 361 Å². The topological polar surface area (TPSA) is 152 Å². The van der Waals surface area contributed by atoms with Gasteiger partial charge in [0.25, 0.3) is 0 Å². The second-order valence-corrected chi connectivity index (χ2v) is 29.9. The number of imidazole rings is 5. The highest BCUT2D eigenvalue weighted by molar-refractivity contribution is 7.18. The van der Waals surface area contributed by atoms with Gasteiger partial charge >= 0.3 is 0 Å². The predicted octanol–water partition coefficient (Wildman–Crippen LogP) is 21.2. The van der Waals surface area contributed by atoms with E-state index in [0.29, 0.717) is 0 Å². The molecule has 11 heterocycles. The maximum Gasteiger partial charge on any atom is 0.234 e. The molecule has 0 unspecified atom stereocenters. The van der Waals surface area contributed by atoms with Crippen LogP contribution in [0.1, 0.15) is 208 Å². The largest absolute Gasteiger partial charge is 0.441 e. The number of hydrogen-bond acceptors (Lipinski definition) is 11. The molecule has 14 aromatic rings. The second kappa shape index (κ2) is 29.6. The van der Waals surface area contributed by atoms with Gasteiger partial charge < -0.3 is 17.8 Å². The van der Waals surface area contributed by atoms with E-state index in [4.69, 9.17) is 4.42 Å². The van der Waals surface area contributed by atoms with E-state index < -0.39 is 0 Å². The fourth-order valence-corrected chi connectivity index (χ4v) is 14.7. The highest BCUT2D eigenvalue weighted by atomic mass is 32.1. The summed E-state index contributed by atoms with van der Waals surface area (Å²) < 4.78 is 17.9. The Morgan fingerprint density at radius 3 is 1.00 bits per heavy atom. The first kappa shape index (κ1) is 77.8. The van der Waals surface area contributed by atoms with Crippen molar-refractivity contribution in [2.75, 3.05) is 0 Å². The van der Waals surface area contributed by atoms with Crippen LogP contribution in [0.4, 0.5) is 0 Å². The number of hydrogen-bond donors (Lipinski definition) is 0. The first-order valence-corrected chi connectivity index (χ1v) is 36.2. The molecular formula is C85H114N14OS. The van der Waals surface area contributed by atoms with E-state index in [9.17, 15) is 0 Å². The average molecular weight is 1380 g/mol. The number of rotatable bonds is 0. The van der Waals surface area contributed by atoms with E-state index in [1.165, 1.54) is 173 Å². The van der Waals surface area contributed by atoms with Crippen molar-refractivity contribution in [2.24, 2.45) is 7.05 Å². The van der Waals surface area contributed by atoms with Gasteiger partial charge in [0.1, 0.15) is 22.6 Å². The normalized spacial score (nSPS) is 11.3. The van der Waals surface area contributed by atoms with Crippen LogP contribution in [0.3, 0.4) is 0 Å². The first-order valence-electron chi connectivity index (χ1n) is 35.4. The zero-order valence-corrected chi connectivity index (χ0v) is 69.4. The Hall–Kier alpha value is -8.89. The molecule has 0 aliphatic rings. The lowest BCUT2D eigenvalue weighted by Gasteiger charge is -2.12. The van der Waals surface area contributed by atoms with Crippen molar-refractivity contribution < 1.29 is 4.42 Å². The Morgan fingerprint density at radius 2 is 0.574 bits per heavy atom. The molecule has 0 radical (unpaired) electrons. The molecule has 0 saturated heterocycles. The summed E-state index contributed by atoms with van der Waals surface area (Å²) in [6, 6.07) is 0. The molecule has 11 aromatic heterocycles. The Labute approximate surface area is 605 Å². The maximum atomic E-state index is 5.60. The maximum absolute atomic E-state index is 5.60. The van der Waals surface area contributed by atoms with Crippen molar-refractivity contribution in [3.05, 3.63) is 208 Å². The monoisotopic (exact) mass is 1380 g/mol. The zero-order chi connectivity index (χ0) is 75.8. The third-order valence-electron chi connectivity index (χ3n) is 23.3. The van der Waals surface area contributed by atoms with Gasteiger partial charge in [-0.2, -0.15) is 0 Å². The number of oxazole rings is 1. The van der Waals surface area contributed by atoms with Gasteiger partial charge in [-0.3, -0.25) is 8.80 Å². The Bertz CT molecular complexity index is 5100. The van der Waals surface area contributed by atoms with Crippen LogP contribution >= 0.6 is 11.3 Å². The van der Waals surface area contributed by atoms with Gasteiger partial charge in [-0.1, -0.05) is 0 Å². The number of pyridine rings is 2. The van der Waals surface area contributed by atoms with Crippen LogP contribution in [0.15, 0.2) is 4.42 Å². The molecule has 0 aliphatic heterocycles. The van der Waals surface area contributed by atoms with E-state index >= 15 is 0 Å². The van der Waals surface area contributed by atoms with E-state index in [1.54, 1.807) is 11.3 Å². The van der Waals surface area contributed by atoms with Crippen LogP contribution in [0, 0.1) is 256 Å². The third-order valence-corrected chi connectivity index (χ3v) is 24.4. The van der Waals surface area contributed by atoms with E-state index in [0.717, 1.165) is 90.4 Å². The highest BCUT2D eigenvalue weighted by Gasteiger charge is 2.20. The molecule has 15 nitrogen and oxygen atoms in total. The number of nitrogens with zero attached hydrogens (tertiary/aromatic N) is 14. The minimum Gasteiger partial charge on any atom is -0.441 e. The van der Waals surface area contributed by atoms with Crippen LogP contribution in [0.25, 0.3) is 55.2 Å². The fourth-order valence-electron chi connectivity index (χ4n) is 13.7. The van der Waals surface area contributed by atoms with Crippen molar-refractivity contribution in [3.8, 4) is 0 Å². The SMILES string of the molecule is Cc1c(C)c(C)c2c(nc(C)n2C)c1C.Cc1nc2c(C)c(C)c(C)c(C)c2o1.Cc1nc2c(C)c(C)c(C)c(C)c2s1.Cc1nc2c(C)c(C)c(C)c(C)n2c1C.Cc1nc2c(C)c(C)c(C)c(C)n2c1C.Cc1nc2nc(C)c(C)n2c(C)c1C.Cc1nc2nc(C)c(C)n2c(C)c1C. The Morgan fingerprint density at radius 1 is 0.248 bits per heavy atom. The zero-order valence-electron chi connectivity index (χ0n) is 68.6. The van der Waals surface area contributed by atoms with E-state index in [-0.39, 0.29) is 0 Å². The number of thiazole rings is 1. The summed E-state index contributed by atoms with van der Waals surface area (Å²) in [4.78, 5) is 40.7. The fraction of sp³-hybridized carbons (Fsp3) is 0.447. The molecule has 0 saturated carbocycles. The van der Waals surface area contributed by atoms with Crippen LogP contribution in [0.2, 0.25) is 0 Å². The van der Waals surface area contributed by atoms with Crippen LogP contribution in [-0.4, -0.2) is 67.0 Å². The standard InChI is InChI=1S/3C13H18N2.C12H15NO.C12H15NS.2C11H15N3/c2*1-7-8(2)11(5)15-12(6)10(4)14-13(15)9(7)3;1-7-8(2)10(4)13-12(9(7)3)14-11(5)15(13)6;2*1-6-7(2)9(4)12-11(8(6)3)13-10(5)14-12;2*1-6-7(2)12-11-13-8(3)10(5)14(11)9(6)4/h3*1-6H3;4*1-5H3. The summed E-state index contributed by atoms with van der Waals surface area (Å²) in [6.45, 7) is 78.5. The minimum atomic E-state index is 0.746. The minimum absolute atomic E-state index is 0.746. The molecule has 0 amide bonds. The molecule has 0 spiro atoms. The number of fused-ring (bicyclic) bond motifs is 7. The first-order chi connectivity index (χ1) is 46.9. The summed E-state index contributed by atoms with van der Waals surface area (Å²) in [5.74, 6) is 3.47. The molecular weight excluding hydrogens is 1270 g/mol. The van der Waals surface area contributed by atoms with Crippen molar-refractivity contribution in [1.29, 1.82) is 0 Å². The molecule has 0 fully saturated rings. The van der Waals surface area contributed by atoms with E-state index in [1.807, 2.05) is 34.6 Å². The van der Waals surface area contributed by atoms with Crippen molar-refractivity contribution in [1.82, 2.24) is 67.0 Å². The molecule has 0 aliphatic carbocycles. The molecule has 536 valence electrons. The quantitative estimate of drug-likeness (QED) is 0.143. The summed E-state index contributed by atoms with van der Waals surface area (Å²) in [5, 5.41) is 1.16. The smallest absolute Gasteiger partial charge is 0.234 e. The average Bonchev–Trinajstić information content (AvgIpc) is 1.69. The molecule has 0 bridgehead atoms. The lowest BCUT2D eigenvalue weighted by atomic mass is 9.97. The number of benzene rings is 3. The lowest BCUT2D eigenvalue weighted by Crippen LogP contribution is -2.02. The molecule has 0 atom stereocenters. The van der Waals surface area contributed by atoms with Crippen molar-refractivity contribution >= 4 is 66.5 Å². The molecule has 101 heavy (non-hydrogen) atoms. The summed E-state index contributed by atoms with van der Waals surface area (Å²) in [5.41, 5.74) is 51.0. The van der Waals surface area contributed by atoms with Crippen LogP contribution in [-0.2, 0) is 7.05 Å². The summed E-state index contributed by atoms with van der Waals surface area (Å²) in [6.07, 6.45) is 0. The number of aromatic nitrogens is 14. The molecule has 0 N–H and O–H groups in total. The second-order valence-electron chi connectivity index (χ2n) is 28.7. The lowest BCUT2D eigenvalue weighted by molar-refractivity contribution is 0.559. The van der Waals surface area contributed by atoms with Crippen molar-refractivity contribution in [2.45, 2.75) is 256 Å². The van der Waals surface area contributed by atoms with Crippen molar-refractivity contribution in [3.63, 3.8) is 0 Å². The Balaban J connectivity index is 0.000000150. The van der Waals surface area contributed by atoms with Gasteiger partial charge in [-0.25, -0.2) is 44.9 Å². The third kappa shape index (κ3) is 14.0. The molecule has 16 heteroatoms. The molecule has 3 aromatic carbocycles. The summed E-state index contributed by atoms with van der Waals surface area (Å²) in [7, 11) is 2.09. The van der Waals surface area contributed by atoms with Crippen LogP contribution in [0.5, 0.6) is 0 Å². The predicted molar refractivity (Wildman–Crippen MR) is 426 cm³/mol. The number of aryl methyl sites for hydroxylation is 26. The van der Waals surface area contributed by atoms with Gasteiger partial charge in [0.2, 0.25) is 11.6 Å². The highest BCUT2D eigenvalue weighted by Crippen LogP contribution is 2.34. The van der Waals surface area contributed by atoms with Gasteiger partial charge in [0, 0.05) is 70.9 Å². The van der Waals surface area contributed by atoms with Gasteiger partial charge in [-0.15, -0.1) is 11.3 Å². The van der Waals surface area contributed by atoms with Gasteiger partial charge in [0.05, 0.1) is 49.0 Å². The summed E-state index contributed by atoms with van der Waals surface area (Å²) >= 11 is 1.80. The van der Waals surface area contributed by atoms with E-state index in [2.05, 4.69) is 296 Å². The van der Waals surface area contributed by atoms with Gasteiger partial charge in [0.15, 0.2) is 11.5 Å².